The first-order valence-corrected chi connectivity index (χ1v) is 10.2. The first kappa shape index (κ1) is 29.1. The molecular formula is C20H35N3O9. The van der Waals surface area contributed by atoms with Gasteiger partial charge in [0, 0.05) is 19.6 Å². The lowest BCUT2D eigenvalue weighted by molar-refractivity contribution is -0.160. The third kappa shape index (κ3) is 14.2. The highest BCUT2D eigenvalue weighted by Crippen LogP contribution is 2.11. The first-order valence-electron chi connectivity index (χ1n) is 10.2. The number of aliphatic carboxylic acids is 2. The minimum absolute atomic E-state index is 0.0373. The molecule has 0 aromatic carbocycles. The average molecular weight is 462 g/mol. The van der Waals surface area contributed by atoms with Gasteiger partial charge < -0.3 is 35.2 Å². The molecule has 1 atom stereocenters. The van der Waals surface area contributed by atoms with E-state index in [4.69, 9.17) is 29.3 Å². The highest BCUT2D eigenvalue weighted by Gasteiger charge is 2.30. The van der Waals surface area contributed by atoms with Crippen molar-refractivity contribution in [1.82, 2.24) is 15.5 Å². The SMILES string of the molecule is CC(C)(C)OC(=O)CN1CCNC(CCCNC(=O)OC(C)(C)C)C1=O.O=C(O)C(=O)O. The Labute approximate surface area is 187 Å². The van der Waals surface area contributed by atoms with Gasteiger partial charge in [0.15, 0.2) is 0 Å². The summed E-state index contributed by atoms with van der Waals surface area (Å²) in [4.78, 5) is 55.7. The molecule has 1 rings (SSSR count). The second kappa shape index (κ2) is 12.8. The molecule has 4 N–H and O–H groups in total. The summed E-state index contributed by atoms with van der Waals surface area (Å²) in [5.41, 5.74) is -1.10. The zero-order valence-corrected chi connectivity index (χ0v) is 19.5. The van der Waals surface area contributed by atoms with Crippen molar-refractivity contribution in [1.29, 1.82) is 0 Å². The summed E-state index contributed by atoms with van der Waals surface area (Å²) in [5, 5.41) is 20.6. The zero-order chi connectivity index (χ0) is 25.1. The van der Waals surface area contributed by atoms with E-state index in [1.165, 1.54) is 4.90 Å². The van der Waals surface area contributed by atoms with Gasteiger partial charge >= 0.3 is 24.0 Å². The van der Waals surface area contributed by atoms with Crippen LogP contribution in [-0.4, -0.2) is 88.4 Å². The van der Waals surface area contributed by atoms with Gasteiger partial charge in [-0.2, -0.15) is 0 Å². The molecule has 184 valence electrons. The molecule has 1 unspecified atom stereocenters. The molecule has 1 fully saturated rings. The Bertz CT molecular complexity index is 669. The van der Waals surface area contributed by atoms with Crippen LogP contribution in [-0.2, 0) is 28.7 Å². The maximum atomic E-state index is 12.5. The molecule has 1 aliphatic rings. The van der Waals surface area contributed by atoms with E-state index >= 15 is 0 Å². The van der Waals surface area contributed by atoms with Crippen molar-refractivity contribution >= 4 is 29.9 Å². The van der Waals surface area contributed by atoms with Crippen LogP contribution in [0.15, 0.2) is 0 Å². The van der Waals surface area contributed by atoms with Gasteiger partial charge in [-0.1, -0.05) is 0 Å². The van der Waals surface area contributed by atoms with Gasteiger partial charge in [-0.25, -0.2) is 14.4 Å². The van der Waals surface area contributed by atoms with E-state index < -0.39 is 35.2 Å². The number of carbonyl (C=O) groups excluding carboxylic acids is 3. The highest BCUT2D eigenvalue weighted by atomic mass is 16.6. The number of rotatable bonds is 6. The average Bonchev–Trinajstić information content (AvgIpc) is 2.59. The summed E-state index contributed by atoms with van der Waals surface area (Å²) < 4.78 is 10.4. The van der Waals surface area contributed by atoms with Gasteiger partial charge in [-0.3, -0.25) is 9.59 Å². The summed E-state index contributed by atoms with van der Waals surface area (Å²) >= 11 is 0. The van der Waals surface area contributed by atoms with Crippen molar-refractivity contribution in [2.45, 2.75) is 71.6 Å². The summed E-state index contributed by atoms with van der Waals surface area (Å²) in [7, 11) is 0. The Morgan fingerprint density at radius 3 is 2.03 bits per heavy atom. The number of carbonyl (C=O) groups is 5. The Balaban J connectivity index is 0.00000140. The smallest absolute Gasteiger partial charge is 0.414 e. The summed E-state index contributed by atoms with van der Waals surface area (Å²) in [6, 6.07) is -0.355. The third-order valence-electron chi connectivity index (χ3n) is 3.64. The molecule has 1 aliphatic heterocycles. The lowest BCUT2D eigenvalue weighted by atomic mass is 10.1. The Morgan fingerprint density at radius 2 is 1.56 bits per heavy atom. The fourth-order valence-electron chi connectivity index (χ4n) is 2.51. The van der Waals surface area contributed by atoms with Crippen LogP contribution in [0.5, 0.6) is 0 Å². The zero-order valence-electron chi connectivity index (χ0n) is 19.5. The maximum Gasteiger partial charge on any atom is 0.414 e. The van der Waals surface area contributed by atoms with Crippen LogP contribution in [0.4, 0.5) is 4.79 Å². The monoisotopic (exact) mass is 461 g/mol. The standard InChI is InChI=1S/C18H33N3O5.C2H2O4/c1-17(2,3)25-14(22)12-21-11-10-19-13(15(21)23)8-7-9-20-16(24)26-18(4,5)6;3-1(4)2(5)6/h13,19H,7-12H2,1-6H3,(H,20,24);(H,3,4)(H,5,6). The van der Waals surface area contributed by atoms with Crippen LogP contribution in [0.3, 0.4) is 0 Å². The highest BCUT2D eigenvalue weighted by molar-refractivity contribution is 6.27. The molecule has 0 saturated carbocycles. The molecule has 32 heavy (non-hydrogen) atoms. The predicted molar refractivity (Wildman–Crippen MR) is 113 cm³/mol. The topological polar surface area (TPSA) is 172 Å². The van der Waals surface area contributed by atoms with Crippen molar-refractivity contribution in [3.05, 3.63) is 0 Å². The minimum Gasteiger partial charge on any atom is -0.473 e. The molecule has 0 aliphatic carbocycles. The van der Waals surface area contributed by atoms with Crippen LogP contribution in [0.2, 0.25) is 0 Å². The van der Waals surface area contributed by atoms with E-state index in [1.54, 1.807) is 41.5 Å². The first-order chi connectivity index (χ1) is 14.5. The van der Waals surface area contributed by atoms with E-state index in [2.05, 4.69) is 10.6 Å². The fourth-order valence-corrected chi connectivity index (χ4v) is 2.51. The predicted octanol–water partition coefficient (Wildman–Crippen LogP) is 0.589. The van der Waals surface area contributed by atoms with Gasteiger partial charge in [-0.15, -0.1) is 0 Å². The number of alkyl carbamates (subject to hydrolysis) is 1. The van der Waals surface area contributed by atoms with Gasteiger partial charge in [0.1, 0.15) is 17.7 Å². The summed E-state index contributed by atoms with van der Waals surface area (Å²) in [5.74, 6) is -4.16. The number of hydrogen-bond donors (Lipinski definition) is 4. The molecule has 0 aromatic rings. The number of nitrogens with zero attached hydrogens (tertiary/aromatic N) is 1. The number of carboxylic acid groups (broad SMARTS) is 2. The quantitative estimate of drug-likeness (QED) is 0.249. The number of amides is 2. The summed E-state index contributed by atoms with van der Waals surface area (Å²) in [6.07, 6.45) is 0.731. The van der Waals surface area contributed by atoms with Crippen LogP contribution in [0.25, 0.3) is 0 Å². The molecule has 0 aromatic heterocycles. The molecule has 12 nitrogen and oxygen atoms in total. The lowest BCUT2D eigenvalue weighted by Crippen LogP contribution is -2.56. The van der Waals surface area contributed by atoms with Gasteiger partial charge in [-0.05, 0) is 54.4 Å². The van der Waals surface area contributed by atoms with E-state index in [0.29, 0.717) is 32.5 Å². The number of carboxylic acids is 2. The van der Waals surface area contributed by atoms with Crippen LogP contribution >= 0.6 is 0 Å². The molecule has 0 spiro atoms. The summed E-state index contributed by atoms with van der Waals surface area (Å²) in [6.45, 7) is 12.3. The minimum atomic E-state index is -1.82. The van der Waals surface area contributed by atoms with Gasteiger partial charge in [0.2, 0.25) is 5.91 Å². The Morgan fingerprint density at radius 1 is 1.03 bits per heavy atom. The molecule has 0 radical (unpaired) electrons. The molecule has 2 amide bonds. The van der Waals surface area contributed by atoms with E-state index in [0.717, 1.165) is 0 Å². The van der Waals surface area contributed by atoms with E-state index in [1.807, 2.05) is 0 Å². The molecule has 1 saturated heterocycles. The van der Waals surface area contributed by atoms with Crippen LogP contribution in [0, 0.1) is 0 Å². The second-order valence-electron chi connectivity index (χ2n) is 9.03. The fraction of sp³-hybridized carbons (Fsp3) is 0.750. The molecule has 12 heteroatoms. The number of piperazine rings is 1. The van der Waals surface area contributed by atoms with Crippen molar-refractivity contribution in [3.8, 4) is 0 Å². The number of hydrogen-bond acceptors (Lipinski definition) is 8. The van der Waals surface area contributed by atoms with Crippen molar-refractivity contribution < 1.29 is 43.7 Å². The Hall–Kier alpha value is -2.89. The third-order valence-corrected chi connectivity index (χ3v) is 3.64. The van der Waals surface area contributed by atoms with Gasteiger partial charge in [0.25, 0.3) is 0 Å². The molecular weight excluding hydrogens is 426 g/mol. The number of nitrogens with one attached hydrogen (secondary N) is 2. The number of esters is 1. The lowest BCUT2D eigenvalue weighted by Gasteiger charge is -2.33. The second-order valence-corrected chi connectivity index (χ2v) is 9.03. The Kier molecular flexibility index (Phi) is 11.7. The number of ether oxygens (including phenoxy) is 2. The van der Waals surface area contributed by atoms with Gasteiger partial charge in [0.05, 0.1) is 6.04 Å². The molecule has 1 heterocycles. The van der Waals surface area contributed by atoms with Crippen LogP contribution < -0.4 is 10.6 Å². The van der Waals surface area contributed by atoms with E-state index in [9.17, 15) is 14.4 Å². The van der Waals surface area contributed by atoms with Crippen molar-refractivity contribution in [2.24, 2.45) is 0 Å². The van der Waals surface area contributed by atoms with Crippen LogP contribution in [0.1, 0.15) is 54.4 Å². The largest absolute Gasteiger partial charge is 0.473 e. The maximum absolute atomic E-state index is 12.5. The van der Waals surface area contributed by atoms with E-state index in [-0.39, 0.29) is 18.5 Å². The molecule has 0 bridgehead atoms. The normalized spacial score (nSPS) is 16.4. The van der Waals surface area contributed by atoms with Crippen molar-refractivity contribution in [3.63, 3.8) is 0 Å². The van der Waals surface area contributed by atoms with Crippen molar-refractivity contribution in [2.75, 3.05) is 26.2 Å².